The summed E-state index contributed by atoms with van der Waals surface area (Å²) < 4.78 is 0. The molecular formula is C13H16ClN3O3. The summed E-state index contributed by atoms with van der Waals surface area (Å²) in [5.74, 6) is -1.01. The van der Waals surface area contributed by atoms with Gasteiger partial charge in [0.15, 0.2) is 0 Å². The van der Waals surface area contributed by atoms with Gasteiger partial charge in [-0.1, -0.05) is 18.5 Å². The smallest absolute Gasteiger partial charge is 0.309 e. The molecule has 0 aromatic carbocycles. The fourth-order valence-corrected chi connectivity index (χ4v) is 2.54. The van der Waals surface area contributed by atoms with E-state index in [0.29, 0.717) is 32.4 Å². The molecule has 1 amide bonds. The second-order valence-electron chi connectivity index (χ2n) is 4.96. The Morgan fingerprint density at radius 3 is 2.45 bits per heavy atom. The van der Waals surface area contributed by atoms with E-state index in [1.165, 1.54) is 12.4 Å². The zero-order valence-electron chi connectivity index (χ0n) is 11.2. The second-order valence-corrected chi connectivity index (χ2v) is 5.34. The number of hydrogen-bond donors (Lipinski definition) is 1. The number of piperidine rings is 1. The van der Waals surface area contributed by atoms with E-state index < -0.39 is 11.4 Å². The van der Waals surface area contributed by atoms with Gasteiger partial charge < -0.3 is 10.0 Å². The summed E-state index contributed by atoms with van der Waals surface area (Å²) in [6.45, 7) is 2.71. The topological polar surface area (TPSA) is 83.4 Å². The van der Waals surface area contributed by atoms with E-state index in [0.717, 1.165) is 0 Å². The van der Waals surface area contributed by atoms with Crippen LogP contribution in [-0.2, 0) is 4.79 Å². The first kappa shape index (κ1) is 14.7. The summed E-state index contributed by atoms with van der Waals surface area (Å²) in [5.41, 5.74) is -0.476. The van der Waals surface area contributed by atoms with E-state index >= 15 is 0 Å². The maximum atomic E-state index is 12.2. The third kappa shape index (κ3) is 2.75. The van der Waals surface area contributed by atoms with E-state index in [2.05, 4.69) is 9.97 Å². The van der Waals surface area contributed by atoms with Gasteiger partial charge in [0, 0.05) is 13.1 Å². The van der Waals surface area contributed by atoms with Crippen LogP contribution in [0.2, 0.25) is 5.15 Å². The first-order valence-corrected chi connectivity index (χ1v) is 6.86. The zero-order chi connectivity index (χ0) is 14.8. The Balaban J connectivity index is 2.05. The molecule has 0 bridgehead atoms. The van der Waals surface area contributed by atoms with Crippen LogP contribution in [0.25, 0.3) is 0 Å². The van der Waals surface area contributed by atoms with E-state index in [1.54, 1.807) is 4.90 Å². The first-order chi connectivity index (χ1) is 9.48. The molecule has 108 valence electrons. The molecule has 2 heterocycles. The van der Waals surface area contributed by atoms with Crippen LogP contribution >= 0.6 is 11.6 Å². The Kier molecular flexibility index (Phi) is 4.23. The van der Waals surface area contributed by atoms with Crippen molar-refractivity contribution in [1.29, 1.82) is 0 Å². The fraction of sp³-hybridized carbons (Fsp3) is 0.538. The van der Waals surface area contributed by atoms with Gasteiger partial charge in [-0.2, -0.15) is 0 Å². The summed E-state index contributed by atoms with van der Waals surface area (Å²) in [4.78, 5) is 33.0. The van der Waals surface area contributed by atoms with Gasteiger partial charge >= 0.3 is 5.97 Å². The van der Waals surface area contributed by atoms with Crippen LogP contribution in [0.15, 0.2) is 12.4 Å². The van der Waals surface area contributed by atoms with Gasteiger partial charge in [-0.25, -0.2) is 9.97 Å². The minimum absolute atomic E-state index is 0.230. The van der Waals surface area contributed by atoms with Gasteiger partial charge in [-0.15, -0.1) is 0 Å². The first-order valence-electron chi connectivity index (χ1n) is 6.49. The quantitative estimate of drug-likeness (QED) is 0.920. The van der Waals surface area contributed by atoms with Gasteiger partial charge in [-0.05, 0) is 19.3 Å². The Bertz CT molecular complexity index is 510. The van der Waals surface area contributed by atoms with E-state index in [9.17, 15) is 14.7 Å². The lowest BCUT2D eigenvalue weighted by Crippen LogP contribution is -2.46. The molecule has 0 aliphatic carbocycles. The number of carbonyl (C=O) groups excluding carboxylic acids is 1. The van der Waals surface area contributed by atoms with Crippen LogP contribution in [0.4, 0.5) is 0 Å². The van der Waals surface area contributed by atoms with Crippen molar-refractivity contribution in [1.82, 2.24) is 14.9 Å². The monoisotopic (exact) mass is 297 g/mol. The zero-order valence-corrected chi connectivity index (χ0v) is 11.9. The molecule has 1 aliphatic rings. The number of aromatic nitrogens is 2. The number of carbonyl (C=O) groups is 2. The molecule has 1 N–H and O–H groups in total. The third-order valence-corrected chi connectivity index (χ3v) is 4.17. The number of hydrogen-bond acceptors (Lipinski definition) is 4. The number of carboxylic acid groups (broad SMARTS) is 1. The minimum atomic E-state index is -0.779. The number of rotatable bonds is 3. The second kappa shape index (κ2) is 5.75. The van der Waals surface area contributed by atoms with Crippen LogP contribution in [0.3, 0.4) is 0 Å². The van der Waals surface area contributed by atoms with E-state index in [4.69, 9.17) is 11.6 Å². The lowest BCUT2D eigenvalue weighted by atomic mass is 9.76. The van der Waals surface area contributed by atoms with Crippen LogP contribution in [0.5, 0.6) is 0 Å². The average Bonchev–Trinajstić information content (AvgIpc) is 2.47. The lowest BCUT2D eigenvalue weighted by Gasteiger charge is -2.38. The largest absolute Gasteiger partial charge is 0.481 e. The van der Waals surface area contributed by atoms with Crippen LogP contribution < -0.4 is 0 Å². The molecule has 6 nitrogen and oxygen atoms in total. The molecule has 2 rings (SSSR count). The highest BCUT2D eigenvalue weighted by atomic mass is 35.5. The Labute approximate surface area is 121 Å². The molecule has 0 spiro atoms. The summed E-state index contributed by atoms with van der Waals surface area (Å²) in [6.07, 6.45) is 4.16. The predicted molar refractivity (Wildman–Crippen MR) is 72.5 cm³/mol. The molecular weight excluding hydrogens is 282 g/mol. The van der Waals surface area contributed by atoms with Gasteiger partial charge in [0.1, 0.15) is 10.8 Å². The highest BCUT2D eigenvalue weighted by molar-refractivity contribution is 6.29. The summed E-state index contributed by atoms with van der Waals surface area (Å²) in [7, 11) is 0. The number of likely N-dealkylation sites (tertiary alicyclic amines) is 1. The standard InChI is InChI=1S/C13H16ClN3O3/c1-2-13(12(19)20)3-5-17(6-4-13)11(18)9-7-16-10(14)8-15-9/h7-8H,2-6H2,1H3,(H,19,20). The molecule has 0 unspecified atom stereocenters. The molecule has 1 saturated heterocycles. The number of halogens is 1. The van der Waals surface area contributed by atoms with Crippen molar-refractivity contribution in [3.05, 3.63) is 23.2 Å². The van der Waals surface area contributed by atoms with E-state index in [-0.39, 0.29) is 16.8 Å². The number of nitrogens with zero attached hydrogens (tertiary/aromatic N) is 3. The Morgan fingerprint density at radius 2 is 2.00 bits per heavy atom. The molecule has 0 radical (unpaired) electrons. The minimum Gasteiger partial charge on any atom is -0.481 e. The van der Waals surface area contributed by atoms with E-state index in [1.807, 2.05) is 6.92 Å². The SMILES string of the molecule is CCC1(C(=O)O)CCN(C(=O)c2cnc(Cl)cn2)CC1. The summed E-state index contributed by atoms with van der Waals surface area (Å²) >= 11 is 5.63. The van der Waals surface area contributed by atoms with Crippen LogP contribution in [0, 0.1) is 5.41 Å². The van der Waals surface area contributed by atoms with Gasteiger partial charge in [0.05, 0.1) is 17.8 Å². The number of amides is 1. The molecule has 1 aromatic rings. The van der Waals surface area contributed by atoms with Crippen molar-refractivity contribution in [3.63, 3.8) is 0 Å². The molecule has 1 fully saturated rings. The van der Waals surface area contributed by atoms with Crippen molar-refractivity contribution in [2.45, 2.75) is 26.2 Å². The lowest BCUT2D eigenvalue weighted by molar-refractivity contribution is -0.152. The highest BCUT2D eigenvalue weighted by Gasteiger charge is 2.41. The van der Waals surface area contributed by atoms with Gasteiger partial charge in [-0.3, -0.25) is 9.59 Å². The normalized spacial score (nSPS) is 17.8. The average molecular weight is 298 g/mol. The van der Waals surface area contributed by atoms with Crippen molar-refractivity contribution < 1.29 is 14.7 Å². The van der Waals surface area contributed by atoms with Crippen molar-refractivity contribution in [3.8, 4) is 0 Å². The maximum absolute atomic E-state index is 12.2. The molecule has 20 heavy (non-hydrogen) atoms. The molecule has 7 heteroatoms. The highest BCUT2D eigenvalue weighted by Crippen LogP contribution is 2.35. The van der Waals surface area contributed by atoms with Crippen molar-refractivity contribution >= 4 is 23.5 Å². The molecule has 1 aliphatic heterocycles. The van der Waals surface area contributed by atoms with Gasteiger partial charge in [0.25, 0.3) is 5.91 Å². The summed E-state index contributed by atoms with van der Waals surface area (Å²) in [6, 6.07) is 0. The maximum Gasteiger partial charge on any atom is 0.309 e. The fourth-order valence-electron chi connectivity index (χ4n) is 2.44. The number of aliphatic carboxylic acids is 1. The summed E-state index contributed by atoms with van der Waals surface area (Å²) in [5, 5.41) is 9.55. The van der Waals surface area contributed by atoms with Crippen molar-refractivity contribution in [2.24, 2.45) is 5.41 Å². The molecule has 0 saturated carbocycles. The predicted octanol–water partition coefficient (Wildman–Crippen LogP) is 1.85. The van der Waals surface area contributed by atoms with Crippen LogP contribution in [0.1, 0.15) is 36.7 Å². The number of carboxylic acids is 1. The molecule has 0 atom stereocenters. The Morgan fingerprint density at radius 1 is 1.35 bits per heavy atom. The Hall–Kier alpha value is -1.69. The molecule has 1 aromatic heterocycles. The van der Waals surface area contributed by atoms with Gasteiger partial charge in [0.2, 0.25) is 0 Å². The third-order valence-electron chi connectivity index (χ3n) is 3.98. The van der Waals surface area contributed by atoms with Crippen molar-refractivity contribution in [2.75, 3.05) is 13.1 Å². The van der Waals surface area contributed by atoms with Crippen LogP contribution in [-0.4, -0.2) is 44.9 Å².